The first-order valence-electron chi connectivity index (χ1n) is 9.85. The normalized spacial score (nSPS) is 46.2. The SMILES string of the molecule is CO[SiH](CCCC1C2CCC(C2)C1C1CC2CCC1C2)OC. The highest BCUT2D eigenvalue weighted by molar-refractivity contribution is 6.44. The summed E-state index contributed by atoms with van der Waals surface area (Å²) in [4.78, 5) is 0. The summed E-state index contributed by atoms with van der Waals surface area (Å²) in [5.41, 5.74) is 0. The molecular weight excluding hydrogens is 288 g/mol. The maximum absolute atomic E-state index is 5.51. The van der Waals surface area contributed by atoms with Crippen LogP contribution in [0, 0.1) is 41.4 Å². The van der Waals surface area contributed by atoms with E-state index in [2.05, 4.69) is 0 Å². The van der Waals surface area contributed by atoms with Gasteiger partial charge in [0.1, 0.15) is 0 Å². The number of hydrogen-bond acceptors (Lipinski definition) is 2. The van der Waals surface area contributed by atoms with E-state index in [1.54, 1.807) is 44.9 Å². The van der Waals surface area contributed by atoms with Crippen molar-refractivity contribution in [3.05, 3.63) is 0 Å². The predicted octanol–water partition coefficient (Wildman–Crippen LogP) is 4.38. The van der Waals surface area contributed by atoms with E-state index in [0.717, 1.165) is 41.4 Å². The molecule has 0 radical (unpaired) electrons. The molecular formula is C19H34O2Si. The van der Waals surface area contributed by atoms with E-state index < -0.39 is 9.28 Å². The summed E-state index contributed by atoms with van der Waals surface area (Å²) < 4.78 is 11.0. The lowest BCUT2D eigenvalue weighted by molar-refractivity contribution is 0.0987. The Morgan fingerprint density at radius 3 is 2.32 bits per heavy atom. The third-order valence-electron chi connectivity index (χ3n) is 7.95. The second-order valence-corrected chi connectivity index (χ2v) is 11.1. The summed E-state index contributed by atoms with van der Waals surface area (Å²) >= 11 is 0. The minimum atomic E-state index is -1.33. The molecule has 22 heavy (non-hydrogen) atoms. The van der Waals surface area contributed by atoms with Crippen molar-refractivity contribution in [3.63, 3.8) is 0 Å². The molecule has 0 aromatic carbocycles. The van der Waals surface area contributed by atoms with Crippen LogP contribution in [-0.4, -0.2) is 23.5 Å². The van der Waals surface area contributed by atoms with Gasteiger partial charge in [-0.1, -0.05) is 19.3 Å². The molecule has 4 aliphatic carbocycles. The number of hydrogen-bond donors (Lipinski definition) is 0. The summed E-state index contributed by atoms with van der Waals surface area (Å²) in [6.45, 7) is 0. The van der Waals surface area contributed by atoms with Crippen molar-refractivity contribution >= 4 is 9.28 Å². The Kier molecular flexibility index (Phi) is 4.67. The van der Waals surface area contributed by atoms with E-state index in [1.807, 2.05) is 14.2 Å². The molecule has 2 nitrogen and oxygen atoms in total. The van der Waals surface area contributed by atoms with Crippen LogP contribution in [0.4, 0.5) is 0 Å². The second-order valence-electron chi connectivity index (χ2n) is 8.74. The molecule has 7 unspecified atom stereocenters. The van der Waals surface area contributed by atoms with E-state index in [1.165, 1.54) is 18.9 Å². The zero-order valence-electron chi connectivity index (χ0n) is 14.5. The Morgan fingerprint density at radius 2 is 1.64 bits per heavy atom. The average Bonchev–Trinajstić information content (AvgIpc) is 3.31. The molecule has 0 aliphatic heterocycles. The summed E-state index contributed by atoms with van der Waals surface area (Å²) in [7, 11) is 2.33. The molecule has 0 spiro atoms. The van der Waals surface area contributed by atoms with Crippen LogP contribution in [0.25, 0.3) is 0 Å². The van der Waals surface area contributed by atoms with Crippen LogP contribution in [0.5, 0.6) is 0 Å². The van der Waals surface area contributed by atoms with Gasteiger partial charge in [-0.05, 0) is 86.0 Å². The second kappa shape index (κ2) is 6.56. The average molecular weight is 323 g/mol. The molecule has 0 saturated heterocycles. The molecule has 0 N–H and O–H groups in total. The van der Waals surface area contributed by atoms with E-state index in [0.29, 0.717) is 0 Å². The van der Waals surface area contributed by atoms with Gasteiger partial charge in [0.2, 0.25) is 0 Å². The van der Waals surface area contributed by atoms with Crippen molar-refractivity contribution in [2.24, 2.45) is 41.4 Å². The molecule has 126 valence electrons. The van der Waals surface area contributed by atoms with Gasteiger partial charge >= 0.3 is 9.28 Å². The van der Waals surface area contributed by atoms with Gasteiger partial charge in [0, 0.05) is 14.2 Å². The van der Waals surface area contributed by atoms with Crippen molar-refractivity contribution in [2.75, 3.05) is 14.2 Å². The van der Waals surface area contributed by atoms with Gasteiger partial charge in [-0.25, -0.2) is 0 Å². The lowest BCUT2D eigenvalue weighted by atomic mass is 9.66. The van der Waals surface area contributed by atoms with Crippen LogP contribution in [0.1, 0.15) is 57.8 Å². The first-order valence-corrected chi connectivity index (χ1v) is 11.6. The van der Waals surface area contributed by atoms with E-state index in [9.17, 15) is 0 Å². The largest absolute Gasteiger partial charge is 0.400 e. The van der Waals surface area contributed by atoms with Crippen LogP contribution in [-0.2, 0) is 8.85 Å². The molecule has 4 bridgehead atoms. The number of rotatable bonds is 7. The van der Waals surface area contributed by atoms with Gasteiger partial charge in [0.15, 0.2) is 0 Å². The quantitative estimate of drug-likeness (QED) is 0.648. The lowest BCUT2D eigenvalue weighted by Crippen LogP contribution is -2.32. The smallest absolute Gasteiger partial charge is 0.320 e. The van der Waals surface area contributed by atoms with Crippen molar-refractivity contribution in [3.8, 4) is 0 Å². The van der Waals surface area contributed by atoms with E-state index in [4.69, 9.17) is 8.85 Å². The third-order valence-corrected chi connectivity index (χ3v) is 9.88. The molecule has 0 aromatic rings. The summed E-state index contributed by atoms with van der Waals surface area (Å²) in [6.07, 6.45) is 13.8. The van der Waals surface area contributed by atoms with Crippen LogP contribution >= 0.6 is 0 Å². The monoisotopic (exact) mass is 322 g/mol. The Labute approximate surface area is 138 Å². The van der Waals surface area contributed by atoms with Crippen LogP contribution in [0.3, 0.4) is 0 Å². The Hall–Kier alpha value is 0.137. The fraction of sp³-hybridized carbons (Fsp3) is 1.00. The van der Waals surface area contributed by atoms with Gasteiger partial charge < -0.3 is 8.85 Å². The highest BCUT2D eigenvalue weighted by Gasteiger charge is 2.54. The molecule has 0 heterocycles. The highest BCUT2D eigenvalue weighted by Crippen LogP contribution is 2.62. The minimum Gasteiger partial charge on any atom is -0.400 e. The van der Waals surface area contributed by atoms with E-state index in [-0.39, 0.29) is 0 Å². The fourth-order valence-corrected chi connectivity index (χ4v) is 8.40. The van der Waals surface area contributed by atoms with Gasteiger partial charge in [0.05, 0.1) is 0 Å². The molecule has 7 atom stereocenters. The fourth-order valence-electron chi connectivity index (χ4n) is 7.17. The molecule has 4 fully saturated rings. The minimum absolute atomic E-state index is 1.06. The Morgan fingerprint density at radius 1 is 0.864 bits per heavy atom. The predicted molar refractivity (Wildman–Crippen MR) is 92.0 cm³/mol. The standard InChI is InChI=1S/C19H34O2Si/c1-20-22(21-2)9-3-4-17-15-7-8-16(12-15)19(17)18-11-13-5-6-14(18)10-13/h13-19,22H,3-12H2,1-2H3. The maximum Gasteiger partial charge on any atom is 0.320 e. The van der Waals surface area contributed by atoms with Crippen LogP contribution in [0.2, 0.25) is 6.04 Å². The van der Waals surface area contributed by atoms with Crippen LogP contribution < -0.4 is 0 Å². The first-order chi connectivity index (χ1) is 10.8. The molecule has 0 amide bonds. The van der Waals surface area contributed by atoms with E-state index >= 15 is 0 Å². The lowest BCUT2D eigenvalue weighted by Gasteiger charge is -2.39. The third kappa shape index (κ3) is 2.71. The van der Waals surface area contributed by atoms with Crippen molar-refractivity contribution < 1.29 is 8.85 Å². The summed E-state index contributed by atoms with van der Waals surface area (Å²) in [5.74, 6) is 7.73. The maximum atomic E-state index is 5.51. The Bertz CT molecular complexity index is 384. The Balaban J connectivity index is 1.37. The zero-order valence-corrected chi connectivity index (χ0v) is 15.7. The van der Waals surface area contributed by atoms with Crippen molar-refractivity contribution in [2.45, 2.75) is 63.8 Å². The van der Waals surface area contributed by atoms with Gasteiger partial charge in [-0.15, -0.1) is 0 Å². The summed E-state index contributed by atoms with van der Waals surface area (Å²) in [5, 5.41) is 0. The van der Waals surface area contributed by atoms with Crippen molar-refractivity contribution in [1.29, 1.82) is 0 Å². The van der Waals surface area contributed by atoms with Crippen molar-refractivity contribution in [1.82, 2.24) is 0 Å². The van der Waals surface area contributed by atoms with Crippen LogP contribution in [0.15, 0.2) is 0 Å². The summed E-state index contributed by atoms with van der Waals surface area (Å²) in [6, 6.07) is 1.21. The molecule has 4 saturated carbocycles. The van der Waals surface area contributed by atoms with Gasteiger partial charge in [0.25, 0.3) is 0 Å². The van der Waals surface area contributed by atoms with Gasteiger partial charge in [-0.2, -0.15) is 0 Å². The molecule has 3 heteroatoms. The first kappa shape index (κ1) is 15.7. The highest BCUT2D eigenvalue weighted by atomic mass is 28.3. The molecule has 4 aliphatic rings. The zero-order chi connectivity index (χ0) is 15.1. The molecule has 0 aromatic heterocycles. The number of fused-ring (bicyclic) bond motifs is 4. The van der Waals surface area contributed by atoms with Gasteiger partial charge in [-0.3, -0.25) is 0 Å². The molecule has 4 rings (SSSR count). The topological polar surface area (TPSA) is 18.5 Å².